The number of thiazole rings is 1. The highest BCUT2D eigenvalue weighted by Gasteiger charge is 2.20. The van der Waals surface area contributed by atoms with Crippen LogP contribution in [0.15, 0.2) is 10.6 Å². The highest BCUT2D eigenvalue weighted by atomic mass is 35.5. The number of carbonyl (C=O) groups excluding carboxylic acids is 1. The third-order valence-electron chi connectivity index (χ3n) is 2.50. The number of nitrogens with one attached hydrogen (secondary N) is 1. The van der Waals surface area contributed by atoms with Gasteiger partial charge in [0.25, 0.3) is 0 Å². The monoisotopic (exact) mass is 345 g/mol. The van der Waals surface area contributed by atoms with Crippen LogP contribution in [0, 0.1) is 0 Å². The van der Waals surface area contributed by atoms with Crippen molar-refractivity contribution in [2.45, 2.75) is 13.3 Å². The summed E-state index contributed by atoms with van der Waals surface area (Å²) in [4.78, 5) is 26.7. The fourth-order valence-corrected chi connectivity index (χ4v) is 2.67. The number of aromatic nitrogens is 2. The Bertz CT molecular complexity index is 684. The number of carboxylic acid groups (broad SMARTS) is 1. The summed E-state index contributed by atoms with van der Waals surface area (Å²) in [5, 5.41) is 14.7. The Morgan fingerprint density at radius 3 is 2.91 bits per heavy atom. The number of hydrogen-bond acceptors (Lipinski definition) is 7. The predicted molar refractivity (Wildman–Crippen MR) is 79.1 cm³/mol. The van der Waals surface area contributed by atoms with Crippen LogP contribution in [0.25, 0.3) is 11.5 Å². The van der Waals surface area contributed by atoms with Crippen molar-refractivity contribution in [3.05, 3.63) is 16.1 Å². The van der Waals surface area contributed by atoms with E-state index in [-0.39, 0.29) is 10.3 Å². The normalized spacial score (nSPS) is 10.6. The average Bonchev–Trinajstić information content (AvgIpc) is 3.05. The molecule has 0 saturated heterocycles. The number of carbonyl (C=O) groups is 2. The number of carboxylic acids is 1. The molecule has 22 heavy (non-hydrogen) atoms. The molecule has 10 heteroatoms. The summed E-state index contributed by atoms with van der Waals surface area (Å²) in [5.74, 6) is -2.41. The van der Waals surface area contributed by atoms with Gasteiger partial charge in [-0.05, 0) is 6.92 Å². The van der Waals surface area contributed by atoms with Gasteiger partial charge in [-0.15, -0.1) is 11.3 Å². The maximum atomic E-state index is 11.2. The second-order valence-corrected chi connectivity index (χ2v) is 5.48. The van der Waals surface area contributed by atoms with E-state index in [1.165, 1.54) is 6.07 Å². The van der Waals surface area contributed by atoms with Crippen molar-refractivity contribution >= 4 is 39.9 Å². The molecule has 0 aliphatic rings. The smallest absolute Gasteiger partial charge is 0.394 e. The summed E-state index contributed by atoms with van der Waals surface area (Å²) in [6.45, 7) is 2.91. The summed E-state index contributed by atoms with van der Waals surface area (Å²) in [6.07, 6.45) is 0.530. The van der Waals surface area contributed by atoms with Crippen molar-refractivity contribution in [3.8, 4) is 11.5 Å². The molecule has 0 unspecified atom stereocenters. The van der Waals surface area contributed by atoms with Crippen molar-refractivity contribution < 1.29 is 24.0 Å². The minimum atomic E-state index is -1.59. The second-order valence-electron chi connectivity index (χ2n) is 4.01. The number of aliphatic carboxylic acids is 1. The topological polar surface area (TPSA) is 115 Å². The van der Waals surface area contributed by atoms with E-state index in [2.05, 4.69) is 15.5 Å². The standard InChI is InChI=1S/C12H12ClN3O5S/c1-2-20-4-3-7-9(6-5-8(13)16-21-6)14-12(22-7)15-10(17)11(18)19/h5H,2-4H2,1H3,(H,18,19)(H,14,15,17). The van der Waals surface area contributed by atoms with E-state index in [4.69, 9.17) is 26.0 Å². The van der Waals surface area contributed by atoms with E-state index in [1.54, 1.807) is 0 Å². The lowest BCUT2D eigenvalue weighted by Crippen LogP contribution is -2.21. The molecule has 0 spiro atoms. The molecule has 1 amide bonds. The summed E-state index contributed by atoms with van der Waals surface area (Å²) >= 11 is 6.86. The zero-order chi connectivity index (χ0) is 16.1. The fourth-order valence-electron chi connectivity index (χ4n) is 1.59. The van der Waals surface area contributed by atoms with Crippen LogP contribution in [0.2, 0.25) is 5.15 Å². The Balaban J connectivity index is 2.26. The molecule has 0 radical (unpaired) electrons. The number of halogens is 1. The van der Waals surface area contributed by atoms with Crippen molar-refractivity contribution in [1.82, 2.24) is 10.1 Å². The highest BCUT2D eigenvalue weighted by molar-refractivity contribution is 7.16. The van der Waals surface area contributed by atoms with Crippen molar-refractivity contribution in [1.29, 1.82) is 0 Å². The van der Waals surface area contributed by atoms with Gasteiger partial charge in [-0.2, -0.15) is 0 Å². The largest absolute Gasteiger partial charge is 0.474 e. The molecule has 2 N–H and O–H groups in total. The van der Waals surface area contributed by atoms with E-state index in [9.17, 15) is 9.59 Å². The number of ether oxygens (including phenoxy) is 1. The SMILES string of the molecule is CCOCCc1sc(NC(=O)C(=O)O)nc1-c1cc(Cl)no1. The minimum absolute atomic E-state index is 0.154. The summed E-state index contributed by atoms with van der Waals surface area (Å²) in [5.41, 5.74) is 0.449. The van der Waals surface area contributed by atoms with Crippen LogP contribution in [-0.4, -0.2) is 40.3 Å². The number of nitrogens with zero attached hydrogens (tertiary/aromatic N) is 2. The fraction of sp³-hybridized carbons (Fsp3) is 0.333. The van der Waals surface area contributed by atoms with Gasteiger partial charge in [0.15, 0.2) is 16.0 Å². The third kappa shape index (κ3) is 4.03. The van der Waals surface area contributed by atoms with Gasteiger partial charge in [0, 0.05) is 24.0 Å². The first-order valence-corrected chi connectivity index (χ1v) is 7.45. The van der Waals surface area contributed by atoms with Gasteiger partial charge >= 0.3 is 11.9 Å². The molecule has 0 atom stereocenters. The lowest BCUT2D eigenvalue weighted by atomic mass is 10.2. The van der Waals surface area contributed by atoms with Gasteiger partial charge in [0.1, 0.15) is 5.69 Å². The van der Waals surface area contributed by atoms with Crippen LogP contribution >= 0.6 is 22.9 Å². The van der Waals surface area contributed by atoms with Crippen molar-refractivity contribution in [3.63, 3.8) is 0 Å². The maximum Gasteiger partial charge on any atom is 0.394 e. The number of hydrogen-bond donors (Lipinski definition) is 2. The van der Waals surface area contributed by atoms with Crippen LogP contribution in [0.4, 0.5) is 5.13 Å². The first-order valence-electron chi connectivity index (χ1n) is 6.25. The minimum Gasteiger partial charge on any atom is -0.474 e. The zero-order valence-corrected chi connectivity index (χ0v) is 13.0. The van der Waals surface area contributed by atoms with Crippen LogP contribution in [0.5, 0.6) is 0 Å². The summed E-state index contributed by atoms with van der Waals surface area (Å²) in [6, 6.07) is 1.49. The Kier molecular flexibility index (Phi) is 5.47. The van der Waals surface area contributed by atoms with Gasteiger partial charge in [0.05, 0.1) is 6.61 Å². The van der Waals surface area contributed by atoms with E-state index >= 15 is 0 Å². The molecule has 0 bridgehead atoms. The second kappa shape index (κ2) is 7.34. The van der Waals surface area contributed by atoms with Crippen molar-refractivity contribution in [2.24, 2.45) is 0 Å². The molecule has 2 heterocycles. The number of anilines is 1. The molecule has 2 aromatic heterocycles. The molecular weight excluding hydrogens is 334 g/mol. The van der Waals surface area contributed by atoms with Crippen LogP contribution in [-0.2, 0) is 20.7 Å². The number of amides is 1. The van der Waals surface area contributed by atoms with Gasteiger partial charge < -0.3 is 14.4 Å². The average molecular weight is 346 g/mol. The molecule has 2 rings (SSSR count). The zero-order valence-electron chi connectivity index (χ0n) is 11.5. The van der Waals surface area contributed by atoms with Crippen LogP contribution < -0.4 is 5.32 Å². The lowest BCUT2D eigenvalue weighted by molar-refractivity contribution is -0.147. The van der Waals surface area contributed by atoms with E-state index in [0.29, 0.717) is 31.1 Å². The molecule has 2 aromatic rings. The Hall–Kier alpha value is -1.97. The first kappa shape index (κ1) is 16.4. The van der Waals surface area contributed by atoms with E-state index in [0.717, 1.165) is 16.2 Å². The molecule has 8 nitrogen and oxygen atoms in total. The highest BCUT2D eigenvalue weighted by Crippen LogP contribution is 2.32. The Labute approximate surface area is 134 Å². The van der Waals surface area contributed by atoms with Crippen LogP contribution in [0.3, 0.4) is 0 Å². The first-order chi connectivity index (χ1) is 10.5. The lowest BCUT2D eigenvalue weighted by Gasteiger charge is -1.99. The molecule has 118 valence electrons. The van der Waals surface area contributed by atoms with Gasteiger partial charge in [-0.25, -0.2) is 9.78 Å². The summed E-state index contributed by atoms with van der Waals surface area (Å²) in [7, 11) is 0. The quantitative estimate of drug-likeness (QED) is 0.608. The van der Waals surface area contributed by atoms with Crippen molar-refractivity contribution in [2.75, 3.05) is 18.5 Å². The van der Waals surface area contributed by atoms with Gasteiger partial charge in [-0.1, -0.05) is 16.8 Å². The van der Waals surface area contributed by atoms with Gasteiger partial charge in [0.2, 0.25) is 0 Å². The number of rotatable bonds is 6. The van der Waals surface area contributed by atoms with E-state index in [1.807, 2.05) is 6.92 Å². The summed E-state index contributed by atoms with van der Waals surface area (Å²) < 4.78 is 10.3. The molecule has 0 aliphatic heterocycles. The molecule has 0 aliphatic carbocycles. The maximum absolute atomic E-state index is 11.2. The van der Waals surface area contributed by atoms with E-state index < -0.39 is 11.9 Å². The Morgan fingerprint density at radius 2 is 2.32 bits per heavy atom. The van der Waals surface area contributed by atoms with Gasteiger partial charge in [-0.3, -0.25) is 10.1 Å². The Morgan fingerprint density at radius 1 is 1.55 bits per heavy atom. The van der Waals surface area contributed by atoms with Crippen LogP contribution in [0.1, 0.15) is 11.8 Å². The molecule has 0 saturated carbocycles. The molecular formula is C12H12ClN3O5S. The predicted octanol–water partition coefficient (Wildman–Crippen LogP) is 2.05. The molecule has 0 fully saturated rings. The molecule has 0 aromatic carbocycles. The third-order valence-corrected chi connectivity index (χ3v) is 3.71.